The maximum atomic E-state index is 11.8. The van der Waals surface area contributed by atoms with Crippen LogP contribution in [0.5, 0.6) is 0 Å². The van der Waals surface area contributed by atoms with Crippen LogP contribution in [0, 0.1) is 11.8 Å². The second-order valence-electron chi connectivity index (χ2n) is 4.82. The Bertz CT molecular complexity index is 511. The van der Waals surface area contributed by atoms with E-state index < -0.39 is 0 Å². The molecule has 2 rings (SSSR count). The van der Waals surface area contributed by atoms with Gasteiger partial charge in [0.15, 0.2) is 0 Å². The molecule has 0 bridgehead atoms. The van der Waals surface area contributed by atoms with Crippen molar-refractivity contribution in [1.29, 1.82) is 0 Å². The molecule has 1 aliphatic heterocycles. The molecule has 1 unspecified atom stereocenters. The van der Waals surface area contributed by atoms with Crippen molar-refractivity contribution >= 4 is 5.91 Å². The Balaban J connectivity index is 1.82. The lowest BCUT2D eigenvalue weighted by Gasteiger charge is -2.10. The van der Waals surface area contributed by atoms with Gasteiger partial charge >= 0.3 is 0 Å². The summed E-state index contributed by atoms with van der Waals surface area (Å²) in [6.45, 7) is 1.64. The first-order chi connectivity index (χ1) is 9.78. The summed E-state index contributed by atoms with van der Waals surface area (Å²) in [6.07, 6.45) is 2.58. The van der Waals surface area contributed by atoms with Gasteiger partial charge in [-0.3, -0.25) is 4.79 Å². The molecule has 4 heteroatoms. The Morgan fingerprint density at radius 1 is 1.50 bits per heavy atom. The van der Waals surface area contributed by atoms with Crippen molar-refractivity contribution in [1.82, 2.24) is 5.32 Å². The van der Waals surface area contributed by atoms with Gasteiger partial charge in [-0.2, -0.15) is 0 Å². The number of hydrogen-bond acceptors (Lipinski definition) is 3. The Kier molecular flexibility index (Phi) is 5.60. The van der Waals surface area contributed by atoms with E-state index in [1.807, 2.05) is 24.3 Å². The van der Waals surface area contributed by atoms with E-state index in [4.69, 9.17) is 10.5 Å². The van der Waals surface area contributed by atoms with Gasteiger partial charge in [-0.1, -0.05) is 24.0 Å². The standard InChI is InChI=1S/C16H20N2O2/c17-8-2-6-13-4-1-5-14(10-13)12-18-16(19)11-15-7-3-9-20-15/h1,4-5,10,15H,3,7-9,11-12,17H2,(H,18,19). The van der Waals surface area contributed by atoms with Gasteiger partial charge in [0.1, 0.15) is 0 Å². The van der Waals surface area contributed by atoms with Crippen LogP contribution in [0.1, 0.15) is 30.4 Å². The van der Waals surface area contributed by atoms with E-state index in [1.165, 1.54) is 0 Å². The third kappa shape index (κ3) is 4.69. The molecule has 1 aliphatic rings. The van der Waals surface area contributed by atoms with Crippen LogP contribution in [0.4, 0.5) is 0 Å². The van der Waals surface area contributed by atoms with Crippen molar-refractivity contribution in [3.8, 4) is 11.8 Å². The van der Waals surface area contributed by atoms with Crippen LogP contribution in [-0.2, 0) is 16.1 Å². The molecule has 0 saturated carbocycles. The number of nitrogens with one attached hydrogen (secondary N) is 1. The van der Waals surface area contributed by atoms with Gasteiger partial charge in [0.25, 0.3) is 0 Å². The van der Waals surface area contributed by atoms with E-state index in [0.717, 1.165) is 30.6 Å². The maximum Gasteiger partial charge on any atom is 0.222 e. The average Bonchev–Trinajstić information content (AvgIpc) is 2.96. The highest BCUT2D eigenvalue weighted by Crippen LogP contribution is 2.15. The van der Waals surface area contributed by atoms with E-state index in [0.29, 0.717) is 19.5 Å². The molecule has 4 nitrogen and oxygen atoms in total. The van der Waals surface area contributed by atoms with Gasteiger partial charge < -0.3 is 15.8 Å². The highest BCUT2D eigenvalue weighted by Gasteiger charge is 2.18. The molecule has 1 amide bonds. The Morgan fingerprint density at radius 3 is 3.15 bits per heavy atom. The maximum absolute atomic E-state index is 11.8. The summed E-state index contributed by atoms with van der Waals surface area (Å²) >= 11 is 0. The van der Waals surface area contributed by atoms with E-state index in [-0.39, 0.29) is 12.0 Å². The summed E-state index contributed by atoms with van der Waals surface area (Å²) in [4.78, 5) is 11.8. The summed E-state index contributed by atoms with van der Waals surface area (Å²) in [5.74, 6) is 5.84. The van der Waals surface area contributed by atoms with Gasteiger partial charge in [-0.05, 0) is 30.5 Å². The van der Waals surface area contributed by atoms with Crippen LogP contribution in [0.3, 0.4) is 0 Å². The van der Waals surface area contributed by atoms with Crippen molar-refractivity contribution in [2.75, 3.05) is 13.2 Å². The average molecular weight is 272 g/mol. The summed E-state index contributed by atoms with van der Waals surface area (Å²) < 4.78 is 5.45. The number of benzene rings is 1. The van der Waals surface area contributed by atoms with Crippen molar-refractivity contribution in [3.05, 3.63) is 35.4 Å². The molecule has 1 fully saturated rings. The van der Waals surface area contributed by atoms with Crippen molar-refractivity contribution in [2.45, 2.75) is 31.9 Å². The molecule has 0 aromatic heterocycles. The second-order valence-corrected chi connectivity index (χ2v) is 4.82. The normalized spacial score (nSPS) is 17.4. The number of carbonyl (C=O) groups is 1. The van der Waals surface area contributed by atoms with E-state index in [9.17, 15) is 4.79 Å². The molecular formula is C16H20N2O2. The van der Waals surface area contributed by atoms with Gasteiger partial charge in [0, 0.05) is 18.7 Å². The molecule has 106 valence electrons. The van der Waals surface area contributed by atoms with Crippen molar-refractivity contribution in [3.63, 3.8) is 0 Å². The predicted octanol–water partition coefficient (Wildman–Crippen LogP) is 1.18. The lowest BCUT2D eigenvalue weighted by Crippen LogP contribution is -2.26. The van der Waals surface area contributed by atoms with Crippen LogP contribution >= 0.6 is 0 Å². The van der Waals surface area contributed by atoms with E-state index >= 15 is 0 Å². The molecule has 1 saturated heterocycles. The van der Waals surface area contributed by atoms with Crippen LogP contribution in [0.2, 0.25) is 0 Å². The van der Waals surface area contributed by atoms with Crippen molar-refractivity contribution < 1.29 is 9.53 Å². The summed E-state index contributed by atoms with van der Waals surface area (Å²) in [5.41, 5.74) is 7.30. The van der Waals surface area contributed by atoms with Crippen LogP contribution in [-0.4, -0.2) is 25.2 Å². The molecule has 0 radical (unpaired) electrons. The molecular weight excluding hydrogens is 252 g/mol. The molecule has 1 aromatic rings. The van der Waals surface area contributed by atoms with Crippen molar-refractivity contribution in [2.24, 2.45) is 5.73 Å². The monoisotopic (exact) mass is 272 g/mol. The number of nitrogens with two attached hydrogens (primary N) is 1. The molecule has 1 aromatic carbocycles. The molecule has 3 N–H and O–H groups in total. The SMILES string of the molecule is NCC#Cc1cccc(CNC(=O)CC2CCCO2)c1. The smallest absolute Gasteiger partial charge is 0.222 e. The Hall–Kier alpha value is -1.83. The van der Waals surface area contributed by atoms with Crippen LogP contribution in [0.25, 0.3) is 0 Å². The molecule has 0 spiro atoms. The van der Waals surface area contributed by atoms with Gasteiger partial charge in [-0.25, -0.2) is 0 Å². The molecule has 1 heterocycles. The fraction of sp³-hybridized carbons (Fsp3) is 0.438. The summed E-state index contributed by atoms with van der Waals surface area (Å²) in [6, 6.07) is 7.80. The molecule has 20 heavy (non-hydrogen) atoms. The summed E-state index contributed by atoms with van der Waals surface area (Å²) in [5, 5.41) is 2.92. The zero-order chi connectivity index (χ0) is 14.2. The third-order valence-electron chi connectivity index (χ3n) is 3.19. The quantitative estimate of drug-likeness (QED) is 0.809. The minimum atomic E-state index is 0.0374. The first kappa shape index (κ1) is 14.6. The van der Waals surface area contributed by atoms with E-state index in [1.54, 1.807) is 0 Å². The number of carbonyl (C=O) groups excluding carboxylic acids is 1. The number of amides is 1. The Morgan fingerprint density at radius 2 is 2.40 bits per heavy atom. The Labute approximate surface area is 119 Å². The highest BCUT2D eigenvalue weighted by atomic mass is 16.5. The second kappa shape index (κ2) is 7.68. The van der Waals surface area contributed by atoms with Crippen LogP contribution in [0.15, 0.2) is 24.3 Å². The van der Waals surface area contributed by atoms with Gasteiger partial charge in [0.05, 0.1) is 19.1 Å². The largest absolute Gasteiger partial charge is 0.378 e. The lowest BCUT2D eigenvalue weighted by atomic mass is 10.1. The lowest BCUT2D eigenvalue weighted by molar-refractivity contribution is -0.123. The molecule has 0 aliphatic carbocycles. The zero-order valence-electron chi connectivity index (χ0n) is 11.5. The predicted molar refractivity (Wildman–Crippen MR) is 77.8 cm³/mol. The fourth-order valence-electron chi connectivity index (χ4n) is 2.20. The number of hydrogen-bond donors (Lipinski definition) is 2. The minimum Gasteiger partial charge on any atom is -0.378 e. The third-order valence-corrected chi connectivity index (χ3v) is 3.19. The van der Waals surface area contributed by atoms with Gasteiger partial charge in [-0.15, -0.1) is 0 Å². The highest BCUT2D eigenvalue weighted by molar-refractivity contribution is 5.76. The van der Waals surface area contributed by atoms with E-state index in [2.05, 4.69) is 17.2 Å². The van der Waals surface area contributed by atoms with Crippen LogP contribution < -0.4 is 11.1 Å². The topological polar surface area (TPSA) is 64.3 Å². The fourth-order valence-corrected chi connectivity index (χ4v) is 2.20. The number of rotatable bonds is 4. The zero-order valence-corrected chi connectivity index (χ0v) is 11.5. The number of ether oxygens (including phenoxy) is 1. The first-order valence-electron chi connectivity index (χ1n) is 6.94. The van der Waals surface area contributed by atoms with Gasteiger partial charge in [0.2, 0.25) is 5.91 Å². The summed E-state index contributed by atoms with van der Waals surface area (Å²) in [7, 11) is 0. The molecule has 1 atom stereocenters. The first-order valence-corrected chi connectivity index (χ1v) is 6.94. The minimum absolute atomic E-state index is 0.0374.